The van der Waals surface area contributed by atoms with Crippen LogP contribution in [-0.2, 0) is 10.0 Å². The maximum absolute atomic E-state index is 11.5. The number of sulfonamides is 1. The molecule has 0 saturated heterocycles. The van der Waals surface area contributed by atoms with Gasteiger partial charge < -0.3 is 0 Å². The molecule has 0 amide bonds. The van der Waals surface area contributed by atoms with E-state index in [0.29, 0.717) is 4.47 Å². The molecule has 4 nitrogen and oxygen atoms in total. The first-order chi connectivity index (χ1) is 5.94. The molecule has 0 fully saturated rings. The molecule has 0 atom stereocenters. The van der Waals surface area contributed by atoms with E-state index in [0.717, 1.165) is 4.31 Å². The monoisotopic (exact) mass is 264 g/mol. The van der Waals surface area contributed by atoms with Crippen molar-refractivity contribution >= 4 is 26.0 Å². The molecular weight excluding hydrogens is 256 g/mol. The topological polar surface area (TPSA) is 50.3 Å². The van der Waals surface area contributed by atoms with Crippen LogP contribution in [0.15, 0.2) is 27.8 Å². The molecule has 0 aliphatic heterocycles. The van der Waals surface area contributed by atoms with Gasteiger partial charge in [0.25, 0.3) is 10.0 Å². The Kier molecular flexibility index (Phi) is 3.05. The second-order valence-corrected chi connectivity index (χ2v) is 5.61. The molecule has 6 heteroatoms. The van der Waals surface area contributed by atoms with Gasteiger partial charge in [-0.3, -0.25) is 0 Å². The van der Waals surface area contributed by atoms with E-state index in [-0.39, 0.29) is 5.03 Å². The molecule has 0 bridgehead atoms. The summed E-state index contributed by atoms with van der Waals surface area (Å²) in [6, 6.07) is 3.14. The Morgan fingerprint density at radius 3 is 2.54 bits per heavy atom. The summed E-state index contributed by atoms with van der Waals surface area (Å²) in [4.78, 5) is 3.77. The summed E-state index contributed by atoms with van der Waals surface area (Å²) in [6.07, 6.45) is 1.44. The van der Waals surface area contributed by atoms with E-state index in [2.05, 4.69) is 20.9 Å². The van der Waals surface area contributed by atoms with E-state index in [1.54, 1.807) is 6.07 Å². The second kappa shape index (κ2) is 3.73. The molecule has 0 N–H and O–H groups in total. The van der Waals surface area contributed by atoms with Crippen molar-refractivity contribution < 1.29 is 8.42 Å². The van der Waals surface area contributed by atoms with Crippen LogP contribution in [0.1, 0.15) is 0 Å². The Bertz CT molecular complexity index is 403. The Morgan fingerprint density at radius 1 is 1.46 bits per heavy atom. The van der Waals surface area contributed by atoms with Crippen LogP contribution in [0.4, 0.5) is 0 Å². The Morgan fingerprint density at radius 2 is 2.08 bits per heavy atom. The van der Waals surface area contributed by atoms with Gasteiger partial charge in [0, 0.05) is 24.8 Å². The highest BCUT2D eigenvalue weighted by Crippen LogP contribution is 2.15. The van der Waals surface area contributed by atoms with Crippen LogP contribution in [-0.4, -0.2) is 31.8 Å². The number of pyridine rings is 1. The summed E-state index contributed by atoms with van der Waals surface area (Å²) >= 11 is 3.18. The zero-order valence-corrected chi connectivity index (χ0v) is 9.63. The third-order valence-electron chi connectivity index (χ3n) is 1.44. The Labute approximate surface area is 85.8 Å². The van der Waals surface area contributed by atoms with E-state index >= 15 is 0 Å². The lowest BCUT2D eigenvalue weighted by molar-refractivity contribution is 0.517. The molecule has 1 rings (SSSR count). The molecule has 0 saturated carbocycles. The molecular formula is C7H9BrN2O2S. The van der Waals surface area contributed by atoms with Gasteiger partial charge in [0.05, 0.1) is 0 Å². The Hall–Kier alpha value is -0.460. The van der Waals surface area contributed by atoms with Crippen LogP contribution in [0.2, 0.25) is 0 Å². The minimum atomic E-state index is -3.41. The molecule has 0 unspecified atom stereocenters. The highest BCUT2D eigenvalue weighted by Gasteiger charge is 2.18. The van der Waals surface area contributed by atoms with Gasteiger partial charge in [0.1, 0.15) is 0 Å². The van der Waals surface area contributed by atoms with Crippen LogP contribution >= 0.6 is 15.9 Å². The standard InChI is InChI=1S/C7H9BrN2O2S/c1-10(2)13(11,12)7-5-6(8)3-4-9-7/h3-5H,1-2H3. The highest BCUT2D eigenvalue weighted by molar-refractivity contribution is 9.10. The second-order valence-electron chi connectivity index (χ2n) is 2.60. The molecule has 0 aliphatic carbocycles. The van der Waals surface area contributed by atoms with Gasteiger partial charge in [-0.2, -0.15) is 0 Å². The summed E-state index contributed by atoms with van der Waals surface area (Å²) in [5.41, 5.74) is 0. The number of rotatable bonds is 2. The molecule has 13 heavy (non-hydrogen) atoms. The van der Waals surface area contributed by atoms with E-state index in [1.165, 1.54) is 26.4 Å². The maximum Gasteiger partial charge on any atom is 0.260 e. The van der Waals surface area contributed by atoms with Crippen LogP contribution in [0.5, 0.6) is 0 Å². The quantitative estimate of drug-likeness (QED) is 0.804. The molecule has 1 aromatic heterocycles. The molecule has 1 heterocycles. The van der Waals surface area contributed by atoms with Crippen molar-refractivity contribution in [1.29, 1.82) is 0 Å². The summed E-state index contributed by atoms with van der Waals surface area (Å²) < 4.78 is 24.9. The van der Waals surface area contributed by atoms with Crippen molar-refractivity contribution in [2.24, 2.45) is 0 Å². The van der Waals surface area contributed by atoms with E-state index in [9.17, 15) is 8.42 Å². The lowest BCUT2D eigenvalue weighted by Gasteiger charge is -2.09. The van der Waals surface area contributed by atoms with Gasteiger partial charge in [-0.05, 0) is 12.1 Å². The summed E-state index contributed by atoms with van der Waals surface area (Å²) in [5.74, 6) is 0. The van der Waals surface area contributed by atoms with Crippen LogP contribution in [0.25, 0.3) is 0 Å². The zero-order valence-electron chi connectivity index (χ0n) is 7.23. The predicted molar refractivity (Wildman–Crippen MR) is 52.8 cm³/mol. The maximum atomic E-state index is 11.5. The lowest BCUT2D eigenvalue weighted by atomic mass is 10.5. The van der Waals surface area contributed by atoms with E-state index in [4.69, 9.17) is 0 Å². The van der Waals surface area contributed by atoms with Crippen molar-refractivity contribution in [1.82, 2.24) is 9.29 Å². The molecule has 72 valence electrons. The van der Waals surface area contributed by atoms with Gasteiger partial charge in [-0.25, -0.2) is 17.7 Å². The van der Waals surface area contributed by atoms with Crippen molar-refractivity contribution in [3.8, 4) is 0 Å². The minimum Gasteiger partial charge on any atom is -0.243 e. The average Bonchev–Trinajstić information content (AvgIpc) is 2.04. The predicted octanol–water partition coefficient (Wildman–Crippen LogP) is 1.09. The molecule has 0 aromatic carbocycles. The summed E-state index contributed by atoms with van der Waals surface area (Å²) in [5, 5.41) is 0.0480. The summed E-state index contributed by atoms with van der Waals surface area (Å²) in [6.45, 7) is 0. The number of aromatic nitrogens is 1. The van der Waals surface area contributed by atoms with Crippen LogP contribution in [0.3, 0.4) is 0 Å². The SMILES string of the molecule is CN(C)S(=O)(=O)c1cc(Br)ccn1. The fourth-order valence-corrected chi connectivity index (χ4v) is 2.04. The first kappa shape index (κ1) is 10.6. The van der Waals surface area contributed by atoms with Crippen molar-refractivity contribution in [2.75, 3.05) is 14.1 Å². The minimum absolute atomic E-state index is 0.0480. The third kappa shape index (κ3) is 2.26. The highest BCUT2D eigenvalue weighted by atomic mass is 79.9. The summed E-state index contributed by atoms with van der Waals surface area (Å²) in [7, 11) is -0.467. The normalized spacial score (nSPS) is 12.0. The van der Waals surface area contributed by atoms with Gasteiger partial charge in [-0.15, -0.1) is 0 Å². The zero-order chi connectivity index (χ0) is 10.1. The van der Waals surface area contributed by atoms with E-state index < -0.39 is 10.0 Å². The smallest absolute Gasteiger partial charge is 0.243 e. The van der Waals surface area contributed by atoms with Crippen molar-refractivity contribution in [3.05, 3.63) is 22.8 Å². The van der Waals surface area contributed by atoms with Gasteiger partial charge in [0.15, 0.2) is 5.03 Å². The lowest BCUT2D eigenvalue weighted by Crippen LogP contribution is -2.23. The Balaban J connectivity index is 3.24. The fourth-order valence-electron chi connectivity index (χ4n) is 0.713. The number of hydrogen-bond acceptors (Lipinski definition) is 3. The van der Waals surface area contributed by atoms with Gasteiger partial charge in [0.2, 0.25) is 0 Å². The molecule has 0 radical (unpaired) electrons. The van der Waals surface area contributed by atoms with Gasteiger partial charge >= 0.3 is 0 Å². The van der Waals surface area contributed by atoms with Crippen LogP contribution in [0, 0.1) is 0 Å². The third-order valence-corrected chi connectivity index (χ3v) is 3.65. The van der Waals surface area contributed by atoms with Gasteiger partial charge in [-0.1, -0.05) is 15.9 Å². The largest absolute Gasteiger partial charge is 0.260 e. The molecule has 1 aromatic rings. The first-order valence-corrected chi connectivity index (χ1v) is 5.72. The first-order valence-electron chi connectivity index (χ1n) is 3.48. The number of nitrogens with zero attached hydrogens (tertiary/aromatic N) is 2. The van der Waals surface area contributed by atoms with Crippen LogP contribution < -0.4 is 0 Å². The fraction of sp³-hybridized carbons (Fsp3) is 0.286. The van der Waals surface area contributed by atoms with Crippen molar-refractivity contribution in [3.63, 3.8) is 0 Å². The van der Waals surface area contributed by atoms with E-state index in [1.807, 2.05) is 0 Å². The molecule has 0 aliphatic rings. The average molecular weight is 265 g/mol. The van der Waals surface area contributed by atoms with Crippen molar-refractivity contribution in [2.45, 2.75) is 5.03 Å². The number of halogens is 1. The number of hydrogen-bond donors (Lipinski definition) is 0. The molecule has 0 spiro atoms.